The number of alkyl halides is 3. The number of halogens is 3. The van der Waals surface area contributed by atoms with Crippen LogP contribution >= 0.6 is 0 Å². The predicted octanol–water partition coefficient (Wildman–Crippen LogP) is 2.17. The molecule has 0 saturated carbocycles. The van der Waals surface area contributed by atoms with Crippen LogP contribution in [0.2, 0.25) is 0 Å². The van der Waals surface area contributed by atoms with E-state index in [9.17, 15) is 18.0 Å². The maximum absolute atomic E-state index is 12.0. The molecule has 0 amide bonds. The molecule has 0 saturated heterocycles. The van der Waals surface area contributed by atoms with Crippen molar-refractivity contribution in [2.45, 2.75) is 12.6 Å². The summed E-state index contributed by atoms with van der Waals surface area (Å²) in [6.45, 7) is -0.219. The Morgan fingerprint density at radius 1 is 1.47 bits per heavy atom. The number of aromatic nitrogens is 1. The molecular weight excluding hydrogens is 237 g/mol. The van der Waals surface area contributed by atoms with Gasteiger partial charge in [-0.3, -0.25) is 0 Å². The average molecular weight is 248 g/mol. The summed E-state index contributed by atoms with van der Waals surface area (Å²) in [4.78, 5) is 15.6. The summed E-state index contributed by atoms with van der Waals surface area (Å²) >= 11 is 0. The third-order valence-electron chi connectivity index (χ3n) is 2.12. The monoisotopic (exact) mass is 248 g/mol. The molecule has 0 aromatic carbocycles. The Morgan fingerprint density at radius 2 is 2.12 bits per heavy atom. The molecule has 4 nitrogen and oxygen atoms in total. The van der Waals surface area contributed by atoms with Crippen LogP contribution in [-0.4, -0.2) is 35.8 Å². The fraction of sp³-hybridized carbons (Fsp3) is 0.400. The van der Waals surface area contributed by atoms with Gasteiger partial charge in [0.1, 0.15) is 5.82 Å². The topological polar surface area (TPSA) is 53.4 Å². The van der Waals surface area contributed by atoms with Crippen LogP contribution in [0.5, 0.6) is 0 Å². The molecule has 0 atom stereocenters. The van der Waals surface area contributed by atoms with E-state index in [0.717, 1.165) is 6.20 Å². The molecule has 0 radical (unpaired) electrons. The molecule has 1 aromatic heterocycles. The second-order valence-corrected chi connectivity index (χ2v) is 3.50. The maximum Gasteiger partial charge on any atom is 0.390 e. The zero-order chi connectivity index (χ0) is 13.1. The third-order valence-corrected chi connectivity index (χ3v) is 2.12. The Kier molecular flexibility index (Phi) is 3.93. The molecule has 0 spiro atoms. The van der Waals surface area contributed by atoms with E-state index in [4.69, 9.17) is 5.11 Å². The molecule has 0 aliphatic rings. The van der Waals surface area contributed by atoms with Crippen molar-refractivity contribution in [3.05, 3.63) is 23.9 Å². The lowest BCUT2D eigenvalue weighted by atomic mass is 10.3. The van der Waals surface area contributed by atoms with E-state index in [1.54, 1.807) is 0 Å². The van der Waals surface area contributed by atoms with Crippen LogP contribution < -0.4 is 4.90 Å². The van der Waals surface area contributed by atoms with E-state index in [1.165, 1.54) is 24.1 Å². The summed E-state index contributed by atoms with van der Waals surface area (Å²) < 4.78 is 35.9. The molecule has 7 heteroatoms. The fourth-order valence-electron chi connectivity index (χ4n) is 1.15. The van der Waals surface area contributed by atoms with Crippen molar-refractivity contribution in [2.75, 3.05) is 18.5 Å². The van der Waals surface area contributed by atoms with Crippen LogP contribution in [0, 0.1) is 0 Å². The van der Waals surface area contributed by atoms with E-state index in [2.05, 4.69) is 4.98 Å². The van der Waals surface area contributed by atoms with Gasteiger partial charge in [0.15, 0.2) is 0 Å². The molecule has 0 unspecified atom stereocenters. The number of nitrogens with zero attached hydrogens (tertiary/aromatic N) is 2. The van der Waals surface area contributed by atoms with Crippen LogP contribution in [0.4, 0.5) is 19.0 Å². The van der Waals surface area contributed by atoms with E-state index in [-0.39, 0.29) is 12.1 Å². The number of rotatable bonds is 4. The Morgan fingerprint density at radius 3 is 2.53 bits per heavy atom. The number of carboxylic acid groups (broad SMARTS) is 1. The van der Waals surface area contributed by atoms with Crippen molar-refractivity contribution in [3.8, 4) is 0 Å². The zero-order valence-electron chi connectivity index (χ0n) is 9.03. The van der Waals surface area contributed by atoms with Crippen molar-refractivity contribution in [1.29, 1.82) is 0 Å². The van der Waals surface area contributed by atoms with Gasteiger partial charge in [-0.1, -0.05) is 0 Å². The first kappa shape index (κ1) is 13.3. The van der Waals surface area contributed by atoms with Crippen molar-refractivity contribution in [2.24, 2.45) is 0 Å². The minimum atomic E-state index is -4.21. The largest absolute Gasteiger partial charge is 0.478 e. The van der Waals surface area contributed by atoms with Crippen molar-refractivity contribution < 1.29 is 23.1 Å². The lowest BCUT2D eigenvalue weighted by Gasteiger charge is -2.18. The summed E-state index contributed by atoms with van der Waals surface area (Å²) in [6.07, 6.45) is -4.04. The van der Waals surface area contributed by atoms with E-state index in [0.29, 0.717) is 5.82 Å². The average Bonchev–Trinajstić information content (AvgIpc) is 2.25. The maximum atomic E-state index is 12.0. The number of pyridine rings is 1. The minimum absolute atomic E-state index is 0.00188. The first-order chi connectivity index (χ1) is 7.79. The molecule has 1 heterocycles. The van der Waals surface area contributed by atoms with Crippen molar-refractivity contribution in [1.82, 2.24) is 4.98 Å². The summed E-state index contributed by atoms with van der Waals surface area (Å²) in [5, 5.41) is 8.62. The van der Waals surface area contributed by atoms with Gasteiger partial charge in [-0.05, 0) is 12.1 Å². The zero-order valence-corrected chi connectivity index (χ0v) is 9.03. The van der Waals surface area contributed by atoms with Gasteiger partial charge in [0, 0.05) is 19.8 Å². The fourth-order valence-corrected chi connectivity index (χ4v) is 1.15. The summed E-state index contributed by atoms with van der Waals surface area (Å²) in [5.74, 6) is -0.818. The van der Waals surface area contributed by atoms with Gasteiger partial charge >= 0.3 is 12.1 Å². The molecule has 0 aliphatic heterocycles. The van der Waals surface area contributed by atoms with Gasteiger partial charge < -0.3 is 10.0 Å². The van der Waals surface area contributed by atoms with Gasteiger partial charge in [-0.15, -0.1) is 0 Å². The standard InChI is InChI=1S/C10H11F3N2O2/c1-15(5-4-10(11,12)13)8-3-2-7(6-14-8)9(16)17/h2-3,6H,4-5H2,1H3,(H,16,17). The van der Waals surface area contributed by atoms with Gasteiger partial charge in [-0.2, -0.15) is 13.2 Å². The van der Waals surface area contributed by atoms with E-state index in [1.807, 2.05) is 0 Å². The highest BCUT2D eigenvalue weighted by molar-refractivity contribution is 5.87. The Bertz CT molecular complexity index is 390. The van der Waals surface area contributed by atoms with Crippen molar-refractivity contribution >= 4 is 11.8 Å². The van der Waals surface area contributed by atoms with Crippen molar-refractivity contribution in [3.63, 3.8) is 0 Å². The lowest BCUT2D eigenvalue weighted by Crippen LogP contribution is -2.24. The molecule has 1 aromatic rings. The number of hydrogen-bond acceptors (Lipinski definition) is 3. The quantitative estimate of drug-likeness (QED) is 0.887. The normalized spacial score (nSPS) is 11.3. The van der Waals surface area contributed by atoms with Gasteiger partial charge in [0.05, 0.1) is 12.0 Å². The summed E-state index contributed by atoms with van der Waals surface area (Å²) in [7, 11) is 1.47. The number of carbonyl (C=O) groups is 1. The Balaban J connectivity index is 2.63. The molecule has 17 heavy (non-hydrogen) atoms. The number of hydrogen-bond donors (Lipinski definition) is 1. The lowest BCUT2D eigenvalue weighted by molar-refractivity contribution is -0.132. The van der Waals surface area contributed by atoms with Gasteiger partial charge in [0.2, 0.25) is 0 Å². The second-order valence-electron chi connectivity index (χ2n) is 3.50. The summed E-state index contributed by atoms with van der Waals surface area (Å²) in [5.41, 5.74) is -0.00188. The van der Waals surface area contributed by atoms with E-state index < -0.39 is 18.6 Å². The Hall–Kier alpha value is -1.79. The number of aromatic carboxylic acids is 1. The highest BCUT2D eigenvalue weighted by Crippen LogP contribution is 2.20. The minimum Gasteiger partial charge on any atom is -0.478 e. The number of carboxylic acids is 1. The predicted molar refractivity (Wildman–Crippen MR) is 55.1 cm³/mol. The van der Waals surface area contributed by atoms with Crippen LogP contribution in [0.3, 0.4) is 0 Å². The first-order valence-corrected chi connectivity index (χ1v) is 4.77. The molecule has 94 valence electrons. The number of anilines is 1. The highest BCUT2D eigenvalue weighted by Gasteiger charge is 2.27. The Labute approximate surface area is 95.7 Å². The highest BCUT2D eigenvalue weighted by atomic mass is 19.4. The summed E-state index contributed by atoms with van der Waals surface area (Å²) in [6, 6.07) is 2.68. The second kappa shape index (κ2) is 5.03. The smallest absolute Gasteiger partial charge is 0.390 e. The van der Waals surface area contributed by atoms with Crippen LogP contribution in [-0.2, 0) is 0 Å². The van der Waals surface area contributed by atoms with Crippen LogP contribution in [0.15, 0.2) is 18.3 Å². The van der Waals surface area contributed by atoms with E-state index >= 15 is 0 Å². The molecule has 1 rings (SSSR count). The van der Waals surface area contributed by atoms with Crippen LogP contribution in [0.25, 0.3) is 0 Å². The first-order valence-electron chi connectivity index (χ1n) is 4.77. The SMILES string of the molecule is CN(CCC(F)(F)F)c1ccc(C(=O)O)cn1. The molecule has 0 bridgehead atoms. The molecule has 1 N–H and O–H groups in total. The van der Waals surface area contributed by atoms with Gasteiger partial charge in [-0.25, -0.2) is 9.78 Å². The van der Waals surface area contributed by atoms with Gasteiger partial charge in [0.25, 0.3) is 0 Å². The molecular formula is C10H11F3N2O2. The molecule has 0 aliphatic carbocycles. The molecule has 0 fully saturated rings. The third kappa shape index (κ3) is 4.29. The van der Waals surface area contributed by atoms with Crippen LogP contribution in [0.1, 0.15) is 16.8 Å².